The van der Waals surface area contributed by atoms with E-state index in [1.54, 1.807) is 0 Å². The van der Waals surface area contributed by atoms with Crippen molar-refractivity contribution in [1.82, 2.24) is 14.9 Å². The number of fused-ring (bicyclic) bond motifs is 1. The second kappa shape index (κ2) is 9.93. The summed E-state index contributed by atoms with van der Waals surface area (Å²) in [4.78, 5) is 19.4. The molecule has 8 heteroatoms. The van der Waals surface area contributed by atoms with E-state index in [0.29, 0.717) is 22.4 Å². The van der Waals surface area contributed by atoms with E-state index in [2.05, 4.69) is 46.5 Å². The summed E-state index contributed by atoms with van der Waals surface area (Å²) in [6.45, 7) is 9.35. The van der Waals surface area contributed by atoms with Crippen LogP contribution in [0.3, 0.4) is 0 Å². The zero-order chi connectivity index (χ0) is 25.6. The number of rotatable bonds is 5. The number of hydrogen-bond acceptors (Lipinski definition) is 7. The SMILES string of the molecule is C=C1c2c(ccc(Sc3cnc(N4CCC5(CCC(C)C5N)CC4)cn3)c2Cl)N=CN1CC1=CCC=C1. The second-order valence-electron chi connectivity index (χ2n) is 10.7. The van der Waals surface area contributed by atoms with E-state index >= 15 is 0 Å². The van der Waals surface area contributed by atoms with Crippen LogP contribution in [0.5, 0.6) is 0 Å². The average molecular weight is 533 g/mol. The molecule has 192 valence electrons. The zero-order valence-electron chi connectivity index (χ0n) is 21.2. The zero-order valence-corrected chi connectivity index (χ0v) is 22.8. The molecule has 1 aromatic heterocycles. The Kier molecular flexibility index (Phi) is 6.63. The van der Waals surface area contributed by atoms with Crippen molar-refractivity contribution in [2.24, 2.45) is 22.1 Å². The van der Waals surface area contributed by atoms with Gasteiger partial charge in [0.15, 0.2) is 0 Å². The maximum absolute atomic E-state index is 6.91. The Balaban J connectivity index is 1.13. The highest BCUT2D eigenvalue weighted by Crippen LogP contribution is 2.48. The number of allylic oxidation sites excluding steroid dienone is 2. The predicted octanol–water partition coefficient (Wildman–Crippen LogP) is 6.46. The molecule has 1 saturated heterocycles. The molecule has 2 unspecified atom stereocenters. The molecular weight excluding hydrogens is 500 g/mol. The van der Waals surface area contributed by atoms with Crippen LogP contribution in [0, 0.1) is 11.3 Å². The number of anilines is 1. The summed E-state index contributed by atoms with van der Waals surface area (Å²) in [5.74, 6) is 1.57. The highest BCUT2D eigenvalue weighted by molar-refractivity contribution is 7.99. The minimum atomic E-state index is 0.316. The van der Waals surface area contributed by atoms with E-state index < -0.39 is 0 Å². The van der Waals surface area contributed by atoms with Crippen molar-refractivity contribution < 1.29 is 0 Å². The predicted molar refractivity (Wildman–Crippen MR) is 154 cm³/mol. The molecule has 4 aliphatic rings. The van der Waals surface area contributed by atoms with Gasteiger partial charge in [0.25, 0.3) is 0 Å². The summed E-state index contributed by atoms with van der Waals surface area (Å²) in [5, 5.41) is 1.47. The summed E-state index contributed by atoms with van der Waals surface area (Å²) in [6, 6.07) is 4.32. The molecule has 2 aromatic rings. The lowest BCUT2D eigenvalue weighted by Gasteiger charge is -2.43. The fraction of sp³-hybridized carbons (Fsp3) is 0.414. The molecule has 2 atom stereocenters. The Hall–Kier alpha value is -2.61. The van der Waals surface area contributed by atoms with Gasteiger partial charge in [-0.3, -0.25) is 0 Å². The molecule has 1 aromatic carbocycles. The number of nitrogens with zero attached hydrogens (tertiary/aromatic N) is 5. The van der Waals surface area contributed by atoms with Crippen molar-refractivity contribution >= 4 is 46.9 Å². The molecule has 3 heterocycles. The molecule has 37 heavy (non-hydrogen) atoms. The maximum atomic E-state index is 6.91. The summed E-state index contributed by atoms with van der Waals surface area (Å²) in [6.07, 6.45) is 17.9. The smallest absolute Gasteiger partial charge is 0.147 e. The Morgan fingerprint density at radius 3 is 2.70 bits per heavy atom. The lowest BCUT2D eigenvalue weighted by Crippen LogP contribution is -2.48. The molecule has 0 bridgehead atoms. The molecule has 2 aliphatic carbocycles. The largest absolute Gasteiger partial charge is 0.355 e. The van der Waals surface area contributed by atoms with Crippen LogP contribution in [0.15, 0.2) is 69.8 Å². The van der Waals surface area contributed by atoms with Crippen LogP contribution in [-0.2, 0) is 0 Å². The number of benzene rings is 1. The lowest BCUT2D eigenvalue weighted by molar-refractivity contribution is 0.186. The van der Waals surface area contributed by atoms with Gasteiger partial charge >= 0.3 is 0 Å². The van der Waals surface area contributed by atoms with Crippen LogP contribution in [-0.4, -0.2) is 46.9 Å². The molecule has 2 N–H and O–H groups in total. The highest BCUT2D eigenvalue weighted by atomic mass is 35.5. The van der Waals surface area contributed by atoms with Gasteiger partial charge < -0.3 is 15.5 Å². The first kappa shape index (κ1) is 24.7. The van der Waals surface area contributed by atoms with Crippen LogP contribution < -0.4 is 10.6 Å². The summed E-state index contributed by atoms with van der Waals surface area (Å²) in [5.41, 5.74) is 10.7. The first-order chi connectivity index (χ1) is 17.9. The van der Waals surface area contributed by atoms with E-state index in [9.17, 15) is 0 Å². The van der Waals surface area contributed by atoms with E-state index in [-0.39, 0.29) is 0 Å². The molecule has 0 radical (unpaired) electrons. The van der Waals surface area contributed by atoms with E-state index in [1.165, 1.54) is 30.2 Å². The normalized spacial score (nSPS) is 24.2. The molecule has 0 amide bonds. The number of aromatic nitrogens is 2. The van der Waals surface area contributed by atoms with Crippen LogP contribution >= 0.6 is 23.4 Å². The van der Waals surface area contributed by atoms with Crippen molar-refractivity contribution in [2.75, 3.05) is 24.5 Å². The molecule has 1 saturated carbocycles. The minimum Gasteiger partial charge on any atom is -0.355 e. The first-order valence-corrected chi connectivity index (χ1v) is 14.3. The maximum Gasteiger partial charge on any atom is 0.147 e. The molecule has 6 rings (SSSR count). The molecule has 2 aliphatic heterocycles. The van der Waals surface area contributed by atoms with Gasteiger partial charge in [-0.25, -0.2) is 15.0 Å². The van der Waals surface area contributed by atoms with Gasteiger partial charge in [0.1, 0.15) is 10.8 Å². The van der Waals surface area contributed by atoms with Crippen molar-refractivity contribution in [2.45, 2.75) is 55.0 Å². The number of hydrogen-bond donors (Lipinski definition) is 1. The van der Waals surface area contributed by atoms with E-state index in [1.807, 2.05) is 30.9 Å². The third kappa shape index (κ3) is 4.62. The van der Waals surface area contributed by atoms with Gasteiger partial charge in [-0.2, -0.15) is 0 Å². The van der Waals surface area contributed by atoms with E-state index in [0.717, 1.165) is 71.6 Å². The summed E-state index contributed by atoms with van der Waals surface area (Å²) >= 11 is 8.43. The molecular formula is C29H33ClN6S. The summed E-state index contributed by atoms with van der Waals surface area (Å²) in [7, 11) is 0. The molecule has 2 fully saturated rings. The Labute approximate surface area is 228 Å². The monoisotopic (exact) mass is 532 g/mol. The van der Waals surface area contributed by atoms with Gasteiger partial charge in [-0.1, -0.05) is 55.1 Å². The standard InChI is InChI=1S/C29H33ClN6S/c1-19-9-10-29(28(19)31)11-13-35(14-12-29)24-15-33-25(16-32-24)37-23-8-7-22-26(27(23)30)20(2)36(18-34-22)17-21-5-3-4-6-21/h3,5-8,15-16,18-19,28H,2,4,9-14,17,31H2,1H3. The number of halogens is 1. The van der Waals surface area contributed by atoms with Crippen LogP contribution in [0.25, 0.3) is 5.70 Å². The molecule has 6 nitrogen and oxygen atoms in total. The van der Waals surface area contributed by atoms with Crippen molar-refractivity contribution in [1.29, 1.82) is 0 Å². The Bertz CT molecular complexity index is 1290. The third-order valence-electron chi connectivity index (χ3n) is 8.59. The minimum absolute atomic E-state index is 0.316. The number of nitrogens with two attached hydrogens (primary N) is 1. The summed E-state index contributed by atoms with van der Waals surface area (Å²) < 4.78 is 0. The van der Waals surface area contributed by atoms with E-state index in [4.69, 9.17) is 27.3 Å². The van der Waals surface area contributed by atoms with Crippen LogP contribution in [0.1, 0.15) is 44.6 Å². The first-order valence-electron chi connectivity index (χ1n) is 13.1. The van der Waals surface area contributed by atoms with Gasteiger partial charge in [0.2, 0.25) is 0 Å². The second-order valence-corrected chi connectivity index (χ2v) is 12.2. The van der Waals surface area contributed by atoms with Gasteiger partial charge in [0.05, 0.1) is 29.4 Å². The van der Waals surface area contributed by atoms with Gasteiger partial charge in [-0.15, -0.1) is 0 Å². The van der Waals surface area contributed by atoms with Crippen molar-refractivity contribution in [3.63, 3.8) is 0 Å². The molecule has 1 spiro atoms. The van der Waals surface area contributed by atoms with Crippen molar-refractivity contribution in [3.8, 4) is 0 Å². The topological polar surface area (TPSA) is 70.6 Å². The Morgan fingerprint density at radius 1 is 1.19 bits per heavy atom. The Morgan fingerprint density at radius 2 is 2.03 bits per heavy atom. The quantitative estimate of drug-likeness (QED) is 0.476. The number of aliphatic imine (C=N–C) groups is 1. The fourth-order valence-corrected chi connectivity index (χ4v) is 7.33. The lowest BCUT2D eigenvalue weighted by atomic mass is 9.73. The van der Waals surface area contributed by atoms with Crippen LogP contribution in [0.2, 0.25) is 5.02 Å². The fourth-order valence-electron chi connectivity index (χ4n) is 6.18. The van der Waals surface area contributed by atoms with Gasteiger partial charge in [-0.05, 0) is 61.1 Å². The third-order valence-corrected chi connectivity index (χ3v) is 10.1. The average Bonchev–Trinajstić information content (AvgIpc) is 3.53. The van der Waals surface area contributed by atoms with Crippen LogP contribution in [0.4, 0.5) is 11.5 Å². The highest BCUT2D eigenvalue weighted by Gasteiger charge is 2.46. The van der Waals surface area contributed by atoms with Crippen molar-refractivity contribution in [3.05, 3.63) is 65.5 Å². The number of piperidine rings is 1. The van der Waals surface area contributed by atoms with Gasteiger partial charge in [0, 0.05) is 41.8 Å².